The van der Waals surface area contributed by atoms with E-state index in [1.807, 2.05) is 0 Å². The van der Waals surface area contributed by atoms with Crippen LogP contribution in [-0.4, -0.2) is 29.9 Å². The molecule has 2 saturated carbocycles. The molecular weight excluding hydrogens is 224 g/mol. The normalized spacial score (nSPS) is 39.9. The fourth-order valence-corrected chi connectivity index (χ4v) is 4.28. The Bertz CT molecular complexity index is 304. The SMILES string of the molecule is N[C@@H]1CCC[C@H]1CC(=O)N1CC2CCCCC2C1. The first kappa shape index (κ1) is 12.5. The van der Waals surface area contributed by atoms with Gasteiger partial charge in [-0.1, -0.05) is 19.3 Å². The van der Waals surface area contributed by atoms with Gasteiger partial charge in [-0.3, -0.25) is 4.79 Å². The van der Waals surface area contributed by atoms with E-state index in [2.05, 4.69) is 4.90 Å². The molecule has 2 unspecified atom stereocenters. The number of rotatable bonds is 2. The fraction of sp³-hybridized carbons (Fsp3) is 0.933. The number of nitrogens with zero attached hydrogens (tertiary/aromatic N) is 1. The maximum Gasteiger partial charge on any atom is 0.222 e. The average Bonchev–Trinajstić information content (AvgIpc) is 2.96. The van der Waals surface area contributed by atoms with E-state index in [0.29, 0.717) is 18.2 Å². The lowest BCUT2D eigenvalue weighted by Gasteiger charge is -2.22. The lowest BCUT2D eigenvalue weighted by atomic mass is 9.82. The van der Waals surface area contributed by atoms with Crippen LogP contribution in [-0.2, 0) is 4.79 Å². The van der Waals surface area contributed by atoms with Crippen molar-refractivity contribution in [1.82, 2.24) is 4.90 Å². The molecule has 1 saturated heterocycles. The molecule has 0 bridgehead atoms. The molecule has 0 aromatic carbocycles. The van der Waals surface area contributed by atoms with Gasteiger partial charge in [-0.25, -0.2) is 0 Å². The first-order valence-electron chi connectivity index (χ1n) is 7.77. The van der Waals surface area contributed by atoms with E-state index in [4.69, 9.17) is 5.73 Å². The van der Waals surface area contributed by atoms with E-state index >= 15 is 0 Å². The van der Waals surface area contributed by atoms with Crippen LogP contribution in [0.5, 0.6) is 0 Å². The Kier molecular flexibility index (Phi) is 3.60. The van der Waals surface area contributed by atoms with E-state index in [0.717, 1.165) is 37.8 Å². The van der Waals surface area contributed by atoms with Crippen LogP contribution < -0.4 is 5.73 Å². The minimum Gasteiger partial charge on any atom is -0.342 e. The smallest absolute Gasteiger partial charge is 0.222 e. The molecule has 3 aliphatic rings. The highest BCUT2D eigenvalue weighted by atomic mass is 16.2. The van der Waals surface area contributed by atoms with Gasteiger partial charge in [0.15, 0.2) is 0 Å². The maximum absolute atomic E-state index is 12.4. The second kappa shape index (κ2) is 5.20. The van der Waals surface area contributed by atoms with Gasteiger partial charge < -0.3 is 10.6 Å². The zero-order valence-electron chi connectivity index (χ0n) is 11.3. The van der Waals surface area contributed by atoms with E-state index in [-0.39, 0.29) is 6.04 Å². The predicted octanol–water partition coefficient (Wildman–Crippen LogP) is 2.15. The predicted molar refractivity (Wildman–Crippen MR) is 72.0 cm³/mol. The van der Waals surface area contributed by atoms with Crippen LogP contribution in [0.2, 0.25) is 0 Å². The van der Waals surface area contributed by atoms with E-state index < -0.39 is 0 Å². The molecule has 0 radical (unpaired) electrons. The van der Waals surface area contributed by atoms with Crippen molar-refractivity contribution in [3.8, 4) is 0 Å². The Morgan fingerprint density at radius 3 is 2.22 bits per heavy atom. The van der Waals surface area contributed by atoms with Crippen LogP contribution in [0.4, 0.5) is 0 Å². The van der Waals surface area contributed by atoms with Gasteiger partial charge in [0.1, 0.15) is 0 Å². The molecule has 3 heteroatoms. The van der Waals surface area contributed by atoms with Gasteiger partial charge in [0.25, 0.3) is 0 Å². The summed E-state index contributed by atoms with van der Waals surface area (Å²) in [6, 6.07) is 0.277. The molecule has 102 valence electrons. The number of likely N-dealkylation sites (tertiary alicyclic amines) is 1. The third kappa shape index (κ3) is 2.42. The van der Waals surface area contributed by atoms with Crippen molar-refractivity contribution in [3.05, 3.63) is 0 Å². The molecule has 0 spiro atoms. The average molecular weight is 250 g/mol. The molecule has 0 aromatic heterocycles. The highest BCUT2D eigenvalue weighted by molar-refractivity contribution is 5.77. The number of fused-ring (bicyclic) bond motifs is 1. The minimum atomic E-state index is 0.277. The number of carbonyl (C=O) groups excluding carboxylic acids is 1. The molecule has 3 nitrogen and oxygen atoms in total. The summed E-state index contributed by atoms with van der Waals surface area (Å²) in [5.74, 6) is 2.45. The fourth-order valence-electron chi connectivity index (χ4n) is 4.28. The molecular formula is C15H26N2O. The van der Waals surface area contributed by atoms with E-state index in [1.54, 1.807) is 0 Å². The lowest BCUT2D eigenvalue weighted by molar-refractivity contribution is -0.131. The number of hydrogen-bond acceptors (Lipinski definition) is 2. The first-order valence-corrected chi connectivity index (χ1v) is 7.77. The Labute approximate surface area is 110 Å². The summed E-state index contributed by atoms with van der Waals surface area (Å²) in [5, 5.41) is 0. The summed E-state index contributed by atoms with van der Waals surface area (Å²) >= 11 is 0. The highest BCUT2D eigenvalue weighted by Gasteiger charge is 2.37. The third-order valence-electron chi connectivity index (χ3n) is 5.48. The van der Waals surface area contributed by atoms with Crippen LogP contribution in [0.15, 0.2) is 0 Å². The molecule has 3 fully saturated rings. The van der Waals surface area contributed by atoms with Crippen molar-refractivity contribution in [2.24, 2.45) is 23.5 Å². The molecule has 1 heterocycles. The number of hydrogen-bond donors (Lipinski definition) is 1. The second-order valence-electron chi connectivity index (χ2n) is 6.66. The van der Waals surface area contributed by atoms with Crippen LogP contribution in [0, 0.1) is 17.8 Å². The largest absolute Gasteiger partial charge is 0.342 e. The second-order valence-corrected chi connectivity index (χ2v) is 6.66. The summed E-state index contributed by atoms with van der Waals surface area (Å²) in [6.45, 7) is 2.07. The Morgan fingerprint density at radius 1 is 1.00 bits per heavy atom. The van der Waals surface area contributed by atoms with Gasteiger partial charge in [0.2, 0.25) is 5.91 Å². The molecule has 0 aromatic rings. The quantitative estimate of drug-likeness (QED) is 0.816. The zero-order chi connectivity index (χ0) is 12.5. The molecule has 18 heavy (non-hydrogen) atoms. The Hall–Kier alpha value is -0.570. The minimum absolute atomic E-state index is 0.277. The van der Waals surface area contributed by atoms with Gasteiger partial charge in [-0.05, 0) is 43.4 Å². The Morgan fingerprint density at radius 2 is 1.67 bits per heavy atom. The molecule has 2 aliphatic carbocycles. The topological polar surface area (TPSA) is 46.3 Å². The van der Waals surface area contributed by atoms with Crippen molar-refractivity contribution < 1.29 is 4.79 Å². The van der Waals surface area contributed by atoms with Gasteiger partial charge >= 0.3 is 0 Å². The summed E-state index contributed by atoms with van der Waals surface area (Å²) in [4.78, 5) is 14.5. The van der Waals surface area contributed by atoms with Crippen molar-refractivity contribution in [2.45, 2.75) is 57.4 Å². The molecule has 4 atom stereocenters. The molecule has 2 N–H and O–H groups in total. The van der Waals surface area contributed by atoms with E-state index in [1.165, 1.54) is 32.1 Å². The van der Waals surface area contributed by atoms with Crippen LogP contribution in [0.1, 0.15) is 51.4 Å². The maximum atomic E-state index is 12.4. The van der Waals surface area contributed by atoms with Crippen molar-refractivity contribution >= 4 is 5.91 Å². The monoisotopic (exact) mass is 250 g/mol. The summed E-state index contributed by atoms with van der Waals surface area (Å²) in [7, 11) is 0. The number of amides is 1. The van der Waals surface area contributed by atoms with Gasteiger partial charge in [0.05, 0.1) is 0 Å². The molecule has 1 amide bonds. The molecule has 1 aliphatic heterocycles. The standard InChI is InChI=1S/C15H26N2O/c16-14-7-3-6-11(14)8-15(18)17-9-12-4-1-2-5-13(12)10-17/h11-14H,1-10,16H2/t11-,12?,13?,14+/m0/s1. The van der Waals surface area contributed by atoms with Crippen molar-refractivity contribution in [3.63, 3.8) is 0 Å². The Balaban J connectivity index is 1.54. The van der Waals surface area contributed by atoms with Crippen LogP contribution >= 0.6 is 0 Å². The zero-order valence-corrected chi connectivity index (χ0v) is 11.3. The number of nitrogens with two attached hydrogens (primary N) is 1. The van der Waals surface area contributed by atoms with Gasteiger partial charge in [0, 0.05) is 25.6 Å². The van der Waals surface area contributed by atoms with Crippen molar-refractivity contribution in [1.29, 1.82) is 0 Å². The first-order chi connectivity index (χ1) is 8.74. The summed E-state index contributed by atoms with van der Waals surface area (Å²) in [5.41, 5.74) is 6.07. The molecule has 3 rings (SSSR count). The summed E-state index contributed by atoms with van der Waals surface area (Å²) < 4.78 is 0. The van der Waals surface area contributed by atoms with Gasteiger partial charge in [-0.15, -0.1) is 0 Å². The van der Waals surface area contributed by atoms with E-state index in [9.17, 15) is 4.79 Å². The third-order valence-corrected chi connectivity index (χ3v) is 5.48. The van der Waals surface area contributed by atoms with Gasteiger partial charge in [-0.2, -0.15) is 0 Å². The number of carbonyl (C=O) groups is 1. The van der Waals surface area contributed by atoms with Crippen LogP contribution in [0.25, 0.3) is 0 Å². The van der Waals surface area contributed by atoms with Crippen molar-refractivity contribution in [2.75, 3.05) is 13.1 Å². The lowest BCUT2D eigenvalue weighted by Crippen LogP contribution is -2.34. The summed E-state index contributed by atoms with van der Waals surface area (Å²) in [6.07, 6.45) is 9.63. The highest BCUT2D eigenvalue weighted by Crippen LogP contribution is 2.37. The van der Waals surface area contributed by atoms with Crippen LogP contribution in [0.3, 0.4) is 0 Å².